The van der Waals surface area contributed by atoms with Crippen molar-refractivity contribution >= 4 is 28.1 Å². The summed E-state index contributed by atoms with van der Waals surface area (Å²) in [6.45, 7) is 4.62. The minimum atomic E-state index is -0.722. The fourth-order valence-corrected chi connectivity index (χ4v) is 3.52. The number of nitrogens with one attached hydrogen (secondary N) is 2. The molecule has 2 aromatic heterocycles. The third kappa shape index (κ3) is 3.22. The van der Waals surface area contributed by atoms with Crippen LogP contribution in [0.1, 0.15) is 18.5 Å². The molecule has 1 unspecified atom stereocenters. The highest BCUT2D eigenvalue weighted by atomic mass is 19.1. The van der Waals surface area contributed by atoms with Crippen LogP contribution in [-0.4, -0.2) is 29.2 Å². The number of nitrogens with zero attached hydrogens (tertiary/aromatic N) is 2. The standard InChI is InChI=1S/C20H21F2N5O2/c1-10-8-27-11(2)9-29-20-17(15(22)16(23)14(18(20)27)19(10)28)25-7-6-24-13-5-3-4-12(21)26-13/h3-5,8,11,25H,6-7,9,23H2,1-2H3,(H,24,26). The number of halogens is 2. The summed E-state index contributed by atoms with van der Waals surface area (Å²) in [4.78, 5) is 16.3. The van der Waals surface area contributed by atoms with Crippen molar-refractivity contribution in [3.05, 3.63) is 51.9 Å². The van der Waals surface area contributed by atoms with Crippen LogP contribution in [0.3, 0.4) is 0 Å². The van der Waals surface area contributed by atoms with Gasteiger partial charge in [-0.25, -0.2) is 9.37 Å². The molecular formula is C20H21F2N5O2. The lowest BCUT2D eigenvalue weighted by atomic mass is 10.0. The van der Waals surface area contributed by atoms with E-state index in [1.165, 1.54) is 6.07 Å². The first-order chi connectivity index (χ1) is 13.9. The van der Waals surface area contributed by atoms with E-state index < -0.39 is 11.8 Å². The zero-order chi connectivity index (χ0) is 20.7. The summed E-state index contributed by atoms with van der Waals surface area (Å²) in [5.41, 5.74) is 6.59. The number of aryl methyl sites for hydroxylation is 1. The van der Waals surface area contributed by atoms with Gasteiger partial charge in [0.1, 0.15) is 18.1 Å². The lowest BCUT2D eigenvalue weighted by Gasteiger charge is -2.29. The molecule has 0 aliphatic carbocycles. The average Bonchev–Trinajstić information content (AvgIpc) is 2.69. The molecule has 1 aliphatic rings. The maximum absolute atomic E-state index is 15.0. The molecule has 4 rings (SSSR count). The molecule has 3 aromatic rings. The summed E-state index contributed by atoms with van der Waals surface area (Å²) in [5, 5.41) is 6.07. The summed E-state index contributed by atoms with van der Waals surface area (Å²) in [6, 6.07) is 4.40. The summed E-state index contributed by atoms with van der Waals surface area (Å²) in [7, 11) is 0. The van der Waals surface area contributed by atoms with E-state index >= 15 is 4.39 Å². The monoisotopic (exact) mass is 401 g/mol. The number of benzene rings is 1. The lowest BCUT2D eigenvalue weighted by molar-refractivity contribution is 0.247. The molecule has 0 spiro atoms. The van der Waals surface area contributed by atoms with Crippen LogP contribution in [-0.2, 0) is 0 Å². The Bertz CT molecular complexity index is 1160. The largest absolute Gasteiger partial charge is 0.487 e. The van der Waals surface area contributed by atoms with Crippen molar-refractivity contribution in [3.63, 3.8) is 0 Å². The number of anilines is 3. The van der Waals surface area contributed by atoms with Gasteiger partial charge in [0.05, 0.1) is 22.6 Å². The Hall–Kier alpha value is -3.36. The number of hydrogen-bond donors (Lipinski definition) is 3. The van der Waals surface area contributed by atoms with Crippen molar-refractivity contribution < 1.29 is 13.5 Å². The third-order valence-electron chi connectivity index (χ3n) is 4.97. The molecule has 1 atom stereocenters. The smallest absolute Gasteiger partial charge is 0.214 e. The van der Waals surface area contributed by atoms with E-state index in [1.807, 2.05) is 11.5 Å². The first kappa shape index (κ1) is 19.0. The summed E-state index contributed by atoms with van der Waals surface area (Å²) >= 11 is 0. The van der Waals surface area contributed by atoms with Gasteiger partial charge in [-0.15, -0.1) is 0 Å². The van der Waals surface area contributed by atoms with E-state index in [2.05, 4.69) is 15.6 Å². The number of rotatable bonds is 5. The first-order valence-corrected chi connectivity index (χ1v) is 9.28. The molecule has 29 heavy (non-hydrogen) atoms. The Morgan fingerprint density at radius 2 is 2.07 bits per heavy atom. The number of ether oxygens (including phenoxy) is 1. The Kier molecular flexibility index (Phi) is 4.73. The minimum absolute atomic E-state index is 0.0253. The van der Waals surface area contributed by atoms with Crippen LogP contribution in [0.4, 0.5) is 26.0 Å². The van der Waals surface area contributed by atoms with Crippen LogP contribution in [0, 0.1) is 18.7 Å². The second-order valence-corrected chi connectivity index (χ2v) is 7.06. The highest BCUT2D eigenvalue weighted by Crippen LogP contribution is 2.42. The van der Waals surface area contributed by atoms with Crippen molar-refractivity contribution in [3.8, 4) is 5.75 Å². The van der Waals surface area contributed by atoms with Gasteiger partial charge in [0.15, 0.2) is 17.0 Å². The van der Waals surface area contributed by atoms with E-state index in [-0.39, 0.29) is 34.0 Å². The number of nitrogens with two attached hydrogens (primary N) is 1. The van der Waals surface area contributed by atoms with Gasteiger partial charge in [-0.1, -0.05) is 6.07 Å². The average molecular weight is 401 g/mol. The van der Waals surface area contributed by atoms with Crippen molar-refractivity contribution in [1.82, 2.24) is 9.55 Å². The maximum atomic E-state index is 15.0. The fraction of sp³-hybridized carbons (Fsp3) is 0.300. The minimum Gasteiger partial charge on any atom is -0.487 e. The Morgan fingerprint density at radius 1 is 1.31 bits per heavy atom. The molecule has 0 fully saturated rings. The van der Waals surface area contributed by atoms with Gasteiger partial charge in [0, 0.05) is 24.8 Å². The molecule has 0 radical (unpaired) electrons. The molecule has 0 amide bonds. The van der Waals surface area contributed by atoms with Gasteiger partial charge in [-0.3, -0.25) is 4.79 Å². The molecule has 152 valence electrons. The summed E-state index contributed by atoms with van der Waals surface area (Å²) < 4.78 is 35.9. The molecule has 3 heterocycles. The zero-order valence-corrected chi connectivity index (χ0v) is 16.1. The number of pyridine rings is 2. The molecule has 0 saturated heterocycles. The molecule has 1 aliphatic heterocycles. The highest BCUT2D eigenvalue weighted by Gasteiger charge is 2.28. The van der Waals surface area contributed by atoms with Crippen LogP contribution in [0.2, 0.25) is 0 Å². The Labute approximate surface area is 165 Å². The SMILES string of the molecule is Cc1cn2c3c(c(NCCNc4cccc(F)n4)c(F)c(N)c3c1=O)OCC2C. The third-order valence-corrected chi connectivity index (χ3v) is 4.97. The van der Waals surface area contributed by atoms with Gasteiger partial charge >= 0.3 is 0 Å². The van der Waals surface area contributed by atoms with Crippen molar-refractivity contribution in [1.29, 1.82) is 0 Å². The van der Waals surface area contributed by atoms with Crippen molar-refractivity contribution in [2.45, 2.75) is 19.9 Å². The van der Waals surface area contributed by atoms with Crippen LogP contribution < -0.4 is 26.5 Å². The van der Waals surface area contributed by atoms with Crippen LogP contribution in [0.15, 0.2) is 29.2 Å². The van der Waals surface area contributed by atoms with Crippen LogP contribution in [0.5, 0.6) is 5.75 Å². The van der Waals surface area contributed by atoms with E-state index in [0.29, 0.717) is 36.6 Å². The lowest BCUT2D eigenvalue weighted by Crippen LogP contribution is -2.26. The second kappa shape index (κ2) is 7.23. The zero-order valence-electron chi connectivity index (χ0n) is 16.1. The normalized spacial score (nSPS) is 15.2. The molecule has 7 nitrogen and oxygen atoms in total. The first-order valence-electron chi connectivity index (χ1n) is 9.28. The van der Waals surface area contributed by atoms with Gasteiger partial charge in [0.2, 0.25) is 5.95 Å². The molecule has 4 N–H and O–H groups in total. The van der Waals surface area contributed by atoms with Crippen molar-refractivity contribution in [2.24, 2.45) is 0 Å². The van der Waals surface area contributed by atoms with Crippen LogP contribution in [0.25, 0.3) is 10.9 Å². The molecule has 0 saturated carbocycles. The number of aromatic nitrogens is 2. The van der Waals surface area contributed by atoms with Gasteiger partial charge in [-0.05, 0) is 26.0 Å². The fourth-order valence-electron chi connectivity index (χ4n) is 3.52. The van der Waals surface area contributed by atoms with Crippen LogP contribution >= 0.6 is 0 Å². The topological polar surface area (TPSA) is 94.2 Å². The van der Waals surface area contributed by atoms with Gasteiger partial charge in [0.25, 0.3) is 0 Å². The van der Waals surface area contributed by atoms with Crippen molar-refractivity contribution in [2.75, 3.05) is 36.1 Å². The van der Waals surface area contributed by atoms with E-state index in [0.717, 1.165) is 0 Å². The molecule has 9 heteroatoms. The number of hydrogen-bond acceptors (Lipinski definition) is 6. The Balaban J connectivity index is 1.68. The van der Waals surface area contributed by atoms with Gasteiger partial charge in [-0.2, -0.15) is 4.39 Å². The quantitative estimate of drug-likeness (QED) is 0.346. The summed E-state index contributed by atoms with van der Waals surface area (Å²) in [5.74, 6) is -0.663. The molecule has 1 aromatic carbocycles. The predicted octanol–water partition coefficient (Wildman–Crippen LogP) is 3.04. The van der Waals surface area contributed by atoms with E-state index in [4.69, 9.17) is 10.5 Å². The Morgan fingerprint density at radius 3 is 2.83 bits per heavy atom. The molecule has 0 bridgehead atoms. The summed E-state index contributed by atoms with van der Waals surface area (Å²) in [6.07, 6.45) is 1.75. The van der Waals surface area contributed by atoms with Gasteiger partial charge < -0.3 is 25.7 Å². The number of nitrogen functional groups attached to an aromatic ring is 1. The predicted molar refractivity (Wildman–Crippen MR) is 109 cm³/mol. The van der Waals surface area contributed by atoms with E-state index in [9.17, 15) is 9.18 Å². The van der Waals surface area contributed by atoms with E-state index in [1.54, 1.807) is 25.3 Å². The highest BCUT2D eigenvalue weighted by molar-refractivity contribution is 6.00. The maximum Gasteiger partial charge on any atom is 0.214 e. The molecular weight excluding hydrogens is 380 g/mol. The second-order valence-electron chi connectivity index (χ2n) is 7.06.